The molecule has 0 radical (unpaired) electrons. The van der Waals surface area contributed by atoms with Crippen molar-refractivity contribution in [1.82, 2.24) is 4.98 Å². The molecule has 3 heterocycles. The molecule has 0 spiro atoms. The number of nitrogens with zero attached hydrogens (tertiary/aromatic N) is 2. The molecule has 9 rings (SSSR count). The van der Waals surface area contributed by atoms with E-state index in [4.69, 9.17) is 13.8 Å². The van der Waals surface area contributed by atoms with Gasteiger partial charge >= 0.3 is 0 Å². The van der Waals surface area contributed by atoms with Crippen LogP contribution in [0.4, 0.5) is 17.2 Å². The molecule has 0 saturated carbocycles. The molecule has 0 unspecified atom stereocenters. The van der Waals surface area contributed by atoms with Crippen molar-refractivity contribution >= 4 is 72.0 Å². The van der Waals surface area contributed by atoms with Crippen molar-refractivity contribution in [1.29, 1.82) is 0 Å². The average molecular weight is 553 g/mol. The third-order valence-electron chi connectivity index (χ3n) is 8.30. The molecule has 0 amide bonds. The molecule has 43 heavy (non-hydrogen) atoms. The van der Waals surface area contributed by atoms with Gasteiger partial charge in [0.25, 0.3) is 0 Å². The van der Waals surface area contributed by atoms with Crippen molar-refractivity contribution < 1.29 is 8.83 Å². The van der Waals surface area contributed by atoms with E-state index in [-0.39, 0.29) is 0 Å². The van der Waals surface area contributed by atoms with Crippen LogP contribution in [0, 0.1) is 0 Å². The van der Waals surface area contributed by atoms with Crippen LogP contribution in [-0.4, -0.2) is 4.98 Å². The van der Waals surface area contributed by atoms with E-state index in [1.807, 2.05) is 42.5 Å². The maximum Gasteiger partial charge on any atom is 0.229 e. The highest BCUT2D eigenvalue weighted by Gasteiger charge is 2.22. The van der Waals surface area contributed by atoms with Gasteiger partial charge in [0.05, 0.1) is 11.1 Å². The summed E-state index contributed by atoms with van der Waals surface area (Å²) in [5.41, 5.74) is 7.48. The highest BCUT2D eigenvalue weighted by Crippen LogP contribution is 2.43. The van der Waals surface area contributed by atoms with Crippen molar-refractivity contribution in [2.24, 2.45) is 0 Å². The van der Waals surface area contributed by atoms with Gasteiger partial charge in [0, 0.05) is 27.2 Å². The number of benzene rings is 6. The van der Waals surface area contributed by atoms with E-state index in [2.05, 4.69) is 108 Å². The van der Waals surface area contributed by atoms with Crippen LogP contribution in [0.1, 0.15) is 0 Å². The van der Waals surface area contributed by atoms with Crippen molar-refractivity contribution in [2.75, 3.05) is 4.90 Å². The lowest BCUT2D eigenvalue weighted by molar-refractivity contribution is 0.658. The van der Waals surface area contributed by atoms with E-state index >= 15 is 0 Å². The summed E-state index contributed by atoms with van der Waals surface area (Å²) in [5, 5.41) is 6.40. The van der Waals surface area contributed by atoms with Gasteiger partial charge in [0.2, 0.25) is 5.71 Å². The first-order valence-electron chi connectivity index (χ1n) is 14.4. The van der Waals surface area contributed by atoms with E-state index in [0.29, 0.717) is 5.71 Å². The molecule has 0 bridgehead atoms. The van der Waals surface area contributed by atoms with E-state index in [1.165, 1.54) is 5.56 Å². The molecule has 6 aromatic carbocycles. The molecule has 0 aliphatic rings. The molecule has 0 aliphatic heterocycles. The minimum absolute atomic E-state index is 0.610. The second kappa shape index (κ2) is 9.33. The summed E-state index contributed by atoms with van der Waals surface area (Å²) in [6.07, 6.45) is 0. The van der Waals surface area contributed by atoms with Gasteiger partial charge in [-0.05, 0) is 65.0 Å². The summed E-state index contributed by atoms with van der Waals surface area (Å²) in [4.78, 5) is 7.35. The summed E-state index contributed by atoms with van der Waals surface area (Å²) in [7, 11) is 0. The lowest BCUT2D eigenvalue weighted by atomic mass is 10.0. The zero-order chi connectivity index (χ0) is 28.3. The van der Waals surface area contributed by atoms with Crippen molar-refractivity contribution in [3.05, 3.63) is 146 Å². The molecule has 3 aromatic heterocycles. The third kappa shape index (κ3) is 3.74. The van der Waals surface area contributed by atoms with E-state index in [0.717, 1.165) is 71.8 Å². The van der Waals surface area contributed by atoms with Crippen molar-refractivity contribution in [3.63, 3.8) is 0 Å². The molecule has 4 nitrogen and oxygen atoms in total. The van der Waals surface area contributed by atoms with E-state index in [1.54, 1.807) is 0 Å². The Morgan fingerprint density at radius 3 is 2.07 bits per heavy atom. The van der Waals surface area contributed by atoms with Crippen LogP contribution in [0.3, 0.4) is 0 Å². The van der Waals surface area contributed by atoms with Crippen LogP contribution in [-0.2, 0) is 0 Å². The molecular formula is C39H24N2O2. The Morgan fingerprint density at radius 2 is 1.19 bits per heavy atom. The van der Waals surface area contributed by atoms with Crippen LogP contribution in [0.5, 0.6) is 0 Å². The van der Waals surface area contributed by atoms with Crippen LogP contribution < -0.4 is 4.90 Å². The fourth-order valence-electron chi connectivity index (χ4n) is 6.27. The van der Waals surface area contributed by atoms with E-state index < -0.39 is 0 Å². The first-order chi connectivity index (χ1) is 21.3. The van der Waals surface area contributed by atoms with Crippen LogP contribution in [0.15, 0.2) is 154 Å². The molecule has 0 saturated heterocycles. The maximum absolute atomic E-state index is 6.49. The molecule has 9 aromatic rings. The Balaban J connectivity index is 1.28. The van der Waals surface area contributed by atoms with Gasteiger partial charge in [0.15, 0.2) is 0 Å². The summed E-state index contributed by atoms with van der Waals surface area (Å²) in [6, 6.07) is 50.2. The summed E-state index contributed by atoms with van der Waals surface area (Å²) in [6.45, 7) is 0. The average Bonchev–Trinajstić information content (AvgIpc) is 3.64. The molecule has 4 heteroatoms. The zero-order valence-corrected chi connectivity index (χ0v) is 23.1. The second-order valence-corrected chi connectivity index (χ2v) is 10.8. The molecule has 0 fully saturated rings. The normalized spacial score (nSPS) is 11.7. The second-order valence-electron chi connectivity index (χ2n) is 10.8. The largest absolute Gasteiger partial charge is 0.456 e. The maximum atomic E-state index is 6.49. The van der Waals surface area contributed by atoms with Gasteiger partial charge in [-0.1, -0.05) is 97.1 Å². The van der Waals surface area contributed by atoms with Crippen molar-refractivity contribution in [3.8, 4) is 11.1 Å². The van der Waals surface area contributed by atoms with Gasteiger partial charge in [-0.25, -0.2) is 0 Å². The fourth-order valence-corrected chi connectivity index (χ4v) is 6.27. The van der Waals surface area contributed by atoms with Crippen LogP contribution in [0.25, 0.3) is 65.9 Å². The summed E-state index contributed by atoms with van der Waals surface area (Å²) in [5.74, 6) is 0.765. The number of pyridine rings is 1. The Labute approximate surface area is 247 Å². The van der Waals surface area contributed by atoms with Gasteiger partial charge in [-0.2, -0.15) is 4.98 Å². The first kappa shape index (κ1) is 23.8. The quantitative estimate of drug-likeness (QED) is 0.218. The van der Waals surface area contributed by atoms with Gasteiger partial charge in [-0.15, -0.1) is 0 Å². The Kier molecular flexibility index (Phi) is 5.16. The highest BCUT2D eigenvalue weighted by molar-refractivity contribution is 6.15. The minimum atomic E-state index is 0.610. The van der Waals surface area contributed by atoms with E-state index in [9.17, 15) is 0 Å². The molecule has 0 N–H and O–H groups in total. The zero-order valence-electron chi connectivity index (χ0n) is 23.1. The number of hydrogen-bond acceptors (Lipinski definition) is 4. The number of furan rings is 2. The number of aromatic nitrogens is 1. The first-order valence-corrected chi connectivity index (χ1v) is 14.4. The minimum Gasteiger partial charge on any atom is -0.456 e. The summed E-state index contributed by atoms with van der Waals surface area (Å²) < 4.78 is 12.8. The SMILES string of the molecule is c1ccc(-c2ccc(N(c3ccc4c(n3)oc3c5ccccc5ccc43)c3cccc4oc5ccccc5c34)cc2)cc1. The monoisotopic (exact) mass is 552 g/mol. The Bertz CT molecular complexity index is 2450. The molecule has 202 valence electrons. The predicted molar refractivity (Wildman–Crippen MR) is 176 cm³/mol. The van der Waals surface area contributed by atoms with Gasteiger partial charge in [0.1, 0.15) is 22.6 Å². The third-order valence-corrected chi connectivity index (χ3v) is 8.30. The fraction of sp³-hybridized carbons (Fsp3) is 0. The number of hydrogen-bond donors (Lipinski definition) is 0. The summed E-state index contributed by atoms with van der Waals surface area (Å²) >= 11 is 0. The van der Waals surface area contributed by atoms with Crippen LogP contribution in [0.2, 0.25) is 0 Å². The van der Waals surface area contributed by atoms with Crippen LogP contribution >= 0.6 is 0 Å². The smallest absolute Gasteiger partial charge is 0.229 e. The lowest BCUT2D eigenvalue weighted by Gasteiger charge is -2.25. The highest BCUT2D eigenvalue weighted by atomic mass is 16.3. The number of rotatable bonds is 4. The van der Waals surface area contributed by atoms with Crippen molar-refractivity contribution in [2.45, 2.75) is 0 Å². The van der Waals surface area contributed by atoms with Gasteiger partial charge < -0.3 is 8.83 Å². The topological polar surface area (TPSA) is 42.4 Å². The molecular weight excluding hydrogens is 528 g/mol. The van der Waals surface area contributed by atoms with Gasteiger partial charge in [-0.3, -0.25) is 4.90 Å². The molecule has 0 aliphatic carbocycles. The predicted octanol–water partition coefficient (Wildman–Crippen LogP) is 11.2. The Hall–Kier alpha value is -5.87. The number of anilines is 3. The molecule has 0 atom stereocenters. The number of para-hydroxylation sites is 1. The number of fused-ring (bicyclic) bond motifs is 8. The Morgan fingerprint density at radius 1 is 0.465 bits per heavy atom. The lowest BCUT2D eigenvalue weighted by Crippen LogP contribution is -2.11. The standard InChI is InChI=1S/C39H24N2O2/c1-2-9-25(10-3-1)26-17-20-28(21-18-26)41(33-14-8-16-35-37(33)32-13-6-7-15-34(32)42-35)36-24-23-31-30-22-19-27-11-4-5-12-29(27)38(30)43-39(31)40-36/h1-24H.